The second-order valence-electron chi connectivity index (χ2n) is 6.29. The van der Waals surface area contributed by atoms with Crippen molar-refractivity contribution in [1.29, 1.82) is 0 Å². The quantitative estimate of drug-likeness (QED) is 0.767. The molecule has 4 nitrogen and oxygen atoms in total. The van der Waals surface area contributed by atoms with Crippen LogP contribution in [0, 0.1) is 13.8 Å². The fraction of sp³-hybridized carbons (Fsp3) is 0.500. The third kappa shape index (κ3) is 3.93. The number of hydrogen-bond acceptors (Lipinski definition) is 3. The first kappa shape index (κ1) is 18.4. The first-order valence-electron chi connectivity index (χ1n) is 8.69. The molecule has 130 valence electrons. The lowest BCUT2D eigenvalue weighted by Crippen LogP contribution is -2.42. The molecule has 0 spiro atoms. The number of hydrogen-bond donors (Lipinski definition) is 0. The van der Waals surface area contributed by atoms with Crippen LogP contribution in [-0.4, -0.2) is 42.1 Å². The number of benzene rings is 1. The van der Waals surface area contributed by atoms with Gasteiger partial charge in [0.25, 0.3) is 5.91 Å². The van der Waals surface area contributed by atoms with E-state index in [0.717, 1.165) is 40.6 Å². The Hall–Kier alpha value is -1.94. The molecule has 1 aromatic carbocycles. The van der Waals surface area contributed by atoms with Crippen LogP contribution in [0.1, 0.15) is 48.3 Å². The summed E-state index contributed by atoms with van der Waals surface area (Å²) in [5.74, 6) is 0.0712. The van der Waals surface area contributed by atoms with Gasteiger partial charge >= 0.3 is 0 Å². The van der Waals surface area contributed by atoms with Crippen molar-refractivity contribution in [2.45, 2.75) is 46.6 Å². The lowest BCUT2D eigenvalue weighted by atomic mass is 10.0. The third-order valence-electron chi connectivity index (χ3n) is 4.50. The van der Waals surface area contributed by atoms with Crippen LogP contribution in [0.5, 0.6) is 0 Å². The minimum absolute atomic E-state index is 0.0712. The highest BCUT2D eigenvalue weighted by molar-refractivity contribution is 6.06. The highest BCUT2D eigenvalue weighted by Crippen LogP contribution is 2.23. The fourth-order valence-corrected chi connectivity index (χ4v) is 3.17. The van der Waals surface area contributed by atoms with Crippen molar-refractivity contribution in [2.24, 2.45) is 0 Å². The van der Waals surface area contributed by atoms with Gasteiger partial charge in [0.05, 0.1) is 17.7 Å². The monoisotopic (exact) mass is 328 g/mol. The third-order valence-corrected chi connectivity index (χ3v) is 4.50. The zero-order valence-electron chi connectivity index (χ0n) is 15.4. The standard InChI is InChI=1S/C20H28N2O2/c1-6-16(7-2)22(10-11-24-5)20(23)18-13-15(4)21-19-9-8-14(3)12-17(18)19/h8-9,12-13,16H,6-7,10-11H2,1-5H3. The lowest BCUT2D eigenvalue weighted by molar-refractivity contribution is 0.0591. The van der Waals surface area contributed by atoms with E-state index >= 15 is 0 Å². The van der Waals surface area contributed by atoms with Crippen molar-refractivity contribution in [2.75, 3.05) is 20.3 Å². The Morgan fingerprint density at radius 1 is 1.21 bits per heavy atom. The number of methoxy groups -OCH3 is 1. The molecule has 0 aliphatic carbocycles. The van der Waals surface area contributed by atoms with Gasteiger partial charge in [-0.05, 0) is 44.9 Å². The van der Waals surface area contributed by atoms with Crippen LogP contribution in [0.3, 0.4) is 0 Å². The summed E-state index contributed by atoms with van der Waals surface area (Å²) < 4.78 is 5.22. The van der Waals surface area contributed by atoms with Crippen LogP contribution >= 0.6 is 0 Å². The average Bonchev–Trinajstić information content (AvgIpc) is 2.57. The molecule has 0 bridgehead atoms. The molecular formula is C20H28N2O2. The van der Waals surface area contributed by atoms with Gasteiger partial charge in [0.15, 0.2) is 0 Å². The van der Waals surface area contributed by atoms with Gasteiger partial charge < -0.3 is 9.64 Å². The second-order valence-corrected chi connectivity index (χ2v) is 6.29. The molecule has 0 unspecified atom stereocenters. The molecule has 0 aliphatic rings. The highest BCUT2D eigenvalue weighted by Gasteiger charge is 2.24. The number of rotatable bonds is 7. The van der Waals surface area contributed by atoms with Gasteiger partial charge in [-0.25, -0.2) is 0 Å². The summed E-state index contributed by atoms with van der Waals surface area (Å²) in [5, 5.41) is 0.930. The zero-order chi connectivity index (χ0) is 17.7. The molecule has 2 rings (SSSR count). The maximum Gasteiger partial charge on any atom is 0.254 e. The maximum absolute atomic E-state index is 13.3. The first-order chi connectivity index (χ1) is 11.5. The number of pyridine rings is 1. The lowest BCUT2D eigenvalue weighted by Gasteiger charge is -2.31. The van der Waals surface area contributed by atoms with Crippen molar-refractivity contribution in [3.05, 3.63) is 41.1 Å². The minimum atomic E-state index is 0.0712. The van der Waals surface area contributed by atoms with Gasteiger partial charge in [-0.1, -0.05) is 25.5 Å². The largest absolute Gasteiger partial charge is 0.383 e. The number of fused-ring (bicyclic) bond motifs is 1. The van der Waals surface area contributed by atoms with E-state index in [2.05, 4.69) is 24.9 Å². The Kier molecular flexibility index (Phi) is 6.32. The Morgan fingerprint density at radius 3 is 2.54 bits per heavy atom. The number of carbonyl (C=O) groups excluding carboxylic acids is 1. The van der Waals surface area contributed by atoms with Crippen molar-refractivity contribution in [1.82, 2.24) is 9.88 Å². The van der Waals surface area contributed by atoms with Gasteiger partial charge in [0.2, 0.25) is 0 Å². The van der Waals surface area contributed by atoms with E-state index in [-0.39, 0.29) is 11.9 Å². The fourth-order valence-electron chi connectivity index (χ4n) is 3.17. The van der Waals surface area contributed by atoms with E-state index in [0.29, 0.717) is 13.2 Å². The molecule has 1 aromatic heterocycles. The highest BCUT2D eigenvalue weighted by atomic mass is 16.5. The number of ether oxygens (including phenoxy) is 1. The van der Waals surface area contributed by atoms with Gasteiger partial charge in [-0.15, -0.1) is 0 Å². The summed E-state index contributed by atoms with van der Waals surface area (Å²) in [6, 6.07) is 8.21. The summed E-state index contributed by atoms with van der Waals surface area (Å²) in [4.78, 5) is 19.9. The average molecular weight is 328 g/mol. The molecule has 0 saturated carbocycles. The molecule has 0 aliphatic heterocycles. The van der Waals surface area contributed by atoms with Crippen molar-refractivity contribution in [3.8, 4) is 0 Å². The molecule has 0 atom stereocenters. The minimum Gasteiger partial charge on any atom is -0.383 e. The Bertz CT molecular complexity index is 708. The van der Waals surface area contributed by atoms with Crippen molar-refractivity contribution >= 4 is 16.8 Å². The molecule has 2 aromatic rings. The topological polar surface area (TPSA) is 42.4 Å². The molecule has 4 heteroatoms. The van der Waals surface area contributed by atoms with Crippen LogP contribution in [0.2, 0.25) is 0 Å². The molecule has 1 heterocycles. The number of aryl methyl sites for hydroxylation is 2. The van der Waals surface area contributed by atoms with Crippen LogP contribution < -0.4 is 0 Å². The first-order valence-corrected chi connectivity index (χ1v) is 8.69. The van der Waals surface area contributed by atoms with Gasteiger partial charge in [0, 0.05) is 30.8 Å². The molecule has 0 radical (unpaired) electrons. The molecule has 1 amide bonds. The maximum atomic E-state index is 13.3. The van der Waals surface area contributed by atoms with E-state index < -0.39 is 0 Å². The predicted octanol–water partition coefficient (Wildman–Crippen LogP) is 4.13. The molecule has 0 saturated heterocycles. The summed E-state index contributed by atoms with van der Waals surface area (Å²) in [7, 11) is 1.67. The van der Waals surface area contributed by atoms with Crippen molar-refractivity contribution < 1.29 is 9.53 Å². The SMILES string of the molecule is CCC(CC)N(CCOC)C(=O)c1cc(C)nc2ccc(C)cc12. The van der Waals surface area contributed by atoms with Crippen LogP contribution in [-0.2, 0) is 4.74 Å². The molecule has 0 N–H and O–H groups in total. The molecule has 0 fully saturated rings. The normalized spacial score (nSPS) is 11.2. The van der Waals surface area contributed by atoms with Crippen LogP contribution in [0.15, 0.2) is 24.3 Å². The van der Waals surface area contributed by atoms with E-state index in [4.69, 9.17) is 4.74 Å². The Labute approximate surface area is 144 Å². The smallest absolute Gasteiger partial charge is 0.254 e. The Morgan fingerprint density at radius 2 is 1.92 bits per heavy atom. The van der Waals surface area contributed by atoms with E-state index in [1.807, 2.05) is 36.9 Å². The Balaban J connectivity index is 2.52. The zero-order valence-corrected chi connectivity index (χ0v) is 15.4. The van der Waals surface area contributed by atoms with E-state index in [9.17, 15) is 4.79 Å². The number of carbonyl (C=O) groups is 1. The van der Waals surface area contributed by atoms with Gasteiger partial charge in [0.1, 0.15) is 0 Å². The van der Waals surface area contributed by atoms with Crippen molar-refractivity contribution in [3.63, 3.8) is 0 Å². The number of nitrogens with zero attached hydrogens (tertiary/aromatic N) is 2. The van der Waals surface area contributed by atoms with Gasteiger partial charge in [-0.3, -0.25) is 9.78 Å². The number of aromatic nitrogens is 1. The number of amides is 1. The summed E-state index contributed by atoms with van der Waals surface area (Å²) in [6.07, 6.45) is 1.87. The summed E-state index contributed by atoms with van der Waals surface area (Å²) >= 11 is 0. The summed E-state index contributed by atoms with van der Waals surface area (Å²) in [5.41, 5.74) is 3.61. The van der Waals surface area contributed by atoms with E-state index in [1.165, 1.54) is 0 Å². The second kappa shape index (κ2) is 8.25. The predicted molar refractivity (Wildman–Crippen MR) is 98.5 cm³/mol. The van der Waals surface area contributed by atoms with E-state index in [1.54, 1.807) is 7.11 Å². The summed E-state index contributed by atoms with van der Waals surface area (Å²) in [6.45, 7) is 9.38. The van der Waals surface area contributed by atoms with Crippen LogP contribution in [0.25, 0.3) is 10.9 Å². The van der Waals surface area contributed by atoms with Crippen LogP contribution in [0.4, 0.5) is 0 Å². The molecule has 24 heavy (non-hydrogen) atoms. The van der Waals surface area contributed by atoms with Gasteiger partial charge in [-0.2, -0.15) is 0 Å². The molecular weight excluding hydrogens is 300 g/mol.